The van der Waals surface area contributed by atoms with E-state index in [-0.39, 0.29) is 11.5 Å². The van der Waals surface area contributed by atoms with Crippen molar-refractivity contribution in [2.45, 2.75) is 19.8 Å². The molecule has 118 valence electrons. The standard InChI is InChI=1S/C15H17NO5S/c1-8-7-11(15(20)21-2)13(22-8)16-12(17)9-5-3-4-6-10(9)14(18)19/h3-4,7,9-10H,5-6H2,1-2H3,(H,16,17)(H,18,19)/t9-,10-/m0/s1. The van der Waals surface area contributed by atoms with Crippen molar-refractivity contribution in [3.8, 4) is 0 Å². The fourth-order valence-electron chi connectivity index (χ4n) is 2.45. The number of hydrogen-bond donors (Lipinski definition) is 2. The van der Waals surface area contributed by atoms with Crippen LogP contribution in [0.3, 0.4) is 0 Å². The molecule has 1 aliphatic carbocycles. The van der Waals surface area contributed by atoms with Crippen molar-refractivity contribution in [3.05, 3.63) is 28.7 Å². The van der Waals surface area contributed by atoms with Crippen molar-refractivity contribution < 1.29 is 24.2 Å². The lowest BCUT2D eigenvalue weighted by molar-refractivity contribution is -0.146. The van der Waals surface area contributed by atoms with Crippen LogP contribution in [-0.2, 0) is 14.3 Å². The lowest BCUT2D eigenvalue weighted by Crippen LogP contribution is -2.34. The Balaban J connectivity index is 2.20. The van der Waals surface area contributed by atoms with Gasteiger partial charge in [0.25, 0.3) is 0 Å². The van der Waals surface area contributed by atoms with Crippen molar-refractivity contribution in [3.63, 3.8) is 0 Å². The SMILES string of the molecule is COC(=O)c1cc(C)sc1NC(=O)[C@H]1CC=CC[C@@H]1C(=O)O. The summed E-state index contributed by atoms with van der Waals surface area (Å²) >= 11 is 1.26. The van der Waals surface area contributed by atoms with Crippen LogP contribution < -0.4 is 5.32 Å². The largest absolute Gasteiger partial charge is 0.481 e. The molecule has 7 heteroatoms. The number of rotatable bonds is 4. The average molecular weight is 323 g/mol. The van der Waals surface area contributed by atoms with Crippen LogP contribution in [0, 0.1) is 18.8 Å². The second kappa shape index (κ2) is 6.74. The molecule has 1 aromatic heterocycles. The number of carbonyl (C=O) groups excluding carboxylic acids is 2. The molecule has 22 heavy (non-hydrogen) atoms. The van der Waals surface area contributed by atoms with Crippen LogP contribution in [0.25, 0.3) is 0 Å². The van der Waals surface area contributed by atoms with Crippen molar-refractivity contribution in [2.24, 2.45) is 11.8 Å². The van der Waals surface area contributed by atoms with E-state index in [1.807, 2.05) is 13.0 Å². The van der Waals surface area contributed by atoms with Gasteiger partial charge in [-0.15, -0.1) is 11.3 Å². The summed E-state index contributed by atoms with van der Waals surface area (Å²) in [7, 11) is 1.27. The number of methoxy groups -OCH3 is 1. The van der Waals surface area contributed by atoms with Gasteiger partial charge in [0.1, 0.15) is 5.00 Å². The van der Waals surface area contributed by atoms with Crippen molar-refractivity contribution >= 4 is 34.2 Å². The number of carboxylic acids is 1. The van der Waals surface area contributed by atoms with E-state index in [1.165, 1.54) is 18.4 Å². The number of ether oxygens (including phenoxy) is 1. The molecule has 0 unspecified atom stereocenters. The molecule has 1 amide bonds. The Morgan fingerprint density at radius 2 is 1.91 bits per heavy atom. The third kappa shape index (κ3) is 3.36. The van der Waals surface area contributed by atoms with Gasteiger partial charge >= 0.3 is 11.9 Å². The first kappa shape index (κ1) is 16.2. The number of aryl methyl sites for hydroxylation is 1. The molecule has 0 radical (unpaired) electrons. The number of nitrogens with one attached hydrogen (secondary N) is 1. The van der Waals surface area contributed by atoms with Gasteiger partial charge in [-0.1, -0.05) is 12.2 Å². The van der Waals surface area contributed by atoms with E-state index in [4.69, 9.17) is 0 Å². The Morgan fingerprint density at radius 3 is 2.50 bits per heavy atom. The molecule has 2 rings (SSSR count). The van der Waals surface area contributed by atoms with Gasteiger partial charge in [0.15, 0.2) is 0 Å². The summed E-state index contributed by atoms with van der Waals surface area (Å²) in [4.78, 5) is 36.2. The first-order chi connectivity index (χ1) is 10.4. The number of esters is 1. The number of allylic oxidation sites excluding steroid dienone is 2. The highest BCUT2D eigenvalue weighted by atomic mass is 32.1. The number of aliphatic carboxylic acids is 1. The maximum absolute atomic E-state index is 12.4. The molecule has 2 atom stereocenters. The molecule has 1 aromatic rings. The van der Waals surface area contributed by atoms with Crippen LogP contribution in [0.1, 0.15) is 28.1 Å². The summed E-state index contributed by atoms with van der Waals surface area (Å²) < 4.78 is 4.69. The van der Waals surface area contributed by atoms with Gasteiger partial charge in [0.05, 0.1) is 24.5 Å². The molecule has 0 fully saturated rings. The van der Waals surface area contributed by atoms with Crippen LogP contribution in [0.5, 0.6) is 0 Å². The summed E-state index contributed by atoms with van der Waals surface area (Å²) in [5, 5.41) is 12.3. The third-order valence-corrected chi connectivity index (χ3v) is 4.55. The van der Waals surface area contributed by atoms with E-state index in [2.05, 4.69) is 10.1 Å². The minimum atomic E-state index is -0.986. The summed E-state index contributed by atoms with van der Waals surface area (Å²) in [5.74, 6) is -3.29. The molecule has 0 saturated heterocycles. The van der Waals surface area contributed by atoms with E-state index in [9.17, 15) is 19.5 Å². The van der Waals surface area contributed by atoms with E-state index < -0.39 is 23.8 Å². The van der Waals surface area contributed by atoms with Crippen LogP contribution >= 0.6 is 11.3 Å². The van der Waals surface area contributed by atoms with Crippen LogP contribution in [-0.4, -0.2) is 30.1 Å². The topological polar surface area (TPSA) is 92.7 Å². The van der Waals surface area contributed by atoms with Crippen LogP contribution in [0.4, 0.5) is 5.00 Å². The van der Waals surface area contributed by atoms with E-state index in [0.29, 0.717) is 17.8 Å². The zero-order chi connectivity index (χ0) is 16.3. The molecule has 0 aromatic carbocycles. The van der Waals surface area contributed by atoms with Gasteiger partial charge < -0.3 is 15.2 Å². The lowest BCUT2D eigenvalue weighted by Gasteiger charge is -2.24. The highest BCUT2D eigenvalue weighted by Crippen LogP contribution is 2.31. The molecule has 1 aliphatic rings. The zero-order valence-corrected chi connectivity index (χ0v) is 13.1. The number of carboxylic acid groups (broad SMARTS) is 1. The van der Waals surface area contributed by atoms with Gasteiger partial charge in [0, 0.05) is 4.88 Å². The molecular formula is C15H17NO5S. The third-order valence-electron chi connectivity index (χ3n) is 3.58. The number of hydrogen-bond acceptors (Lipinski definition) is 5. The average Bonchev–Trinajstić information content (AvgIpc) is 2.86. The summed E-state index contributed by atoms with van der Waals surface area (Å²) in [6.07, 6.45) is 4.30. The normalized spacial score (nSPS) is 20.5. The second-order valence-corrected chi connectivity index (χ2v) is 6.33. The van der Waals surface area contributed by atoms with Gasteiger partial charge in [-0.3, -0.25) is 9.59 Å². The van der Waals surface area contributed by atoms with E-state index >= 15 is 0 Å². The minimum Gasteiger partial charge on any atom is -0.481 e. The number of anilines is 1. The van der Waals surface area contributed by atoms with Gasteiger partial charge in [-0.05, 0) is 25.8 Å². The molecule has 2 N–H and O–H groups in total. The highest BCUT2D eigenvalue weighted by molar-refractivity contribution is 7.16. The molecule has 6 nitrogen and oxygen atoms in total. The second-order valence-electron chi connectivity index (χ2n) is 5.07. The first-order valence-corrected chi connectivity index (χ1v) is 7.63. The summed E-state index contributed by atoms with van der Waals surface area (Å²) in [5.41, 5.74) is 0.288. The van der Waals surface area contributed by atoms with Gasteiger partial charge in [-0.2, -0.15) is 0 Å². The zero-order valence-electron chi connectivity index (χ0n) is 12.3. The Morgan fingerprint density at radius 1 is 1.27 bits per heavy atom. The predicted molar refractivity (Wildman–Crippen MR) is 82.0 cm³/mol. The molecule has 0 spiro atoms. The Kier molecular flexibility index (Phi) is 4.97. The maximum Gasteiger partial charge on any atom is 0.340 e. The smallest absolute Gasteiger partial charge is 0.340 e. The van der Waals surface area contributed by atoms with Gasteiger partial charge in [0.2, 0.25) is 5.91 Å². The lowest BCUT2D eigenvalue weighted by atomic mass is 9.82. The van der Waals surface area contributed by atoms with Crippen molar-refractivity contribution in [1.82, 2.24) is 0 Å². The Hall–Kier alpha value is -2.15. The minimum absolute atomic E-state index is 0.288. The highest BCUT2D eigenvalue weighted by Gasteiger charge is 2.34. The molecular weight excluding hydrogens is 306 g/mol. The molecule has 0 saturated carbocycles. The van der Waals surface area contributed by atoms with Crippen LogP contribution in [0.2, 0.25) is 0 Å². The first-order valence-electron chi connectivity index (χ1n) is 6.81. The maximum atomic E-state index is 12.4. The summed E-state index contributed by atoms with van der Waals surface area (Å²) in [6.45, 7) is 1.82. The number of thiophene rings is 1. The van der Waals surface area contributed by atoms with Crippen LogP contribution in [0.15, 0.2) is 18.2 Å². The van der Waals surface area contributed by atoms with Crippen molar-refractivity contribution in [2.75, 3.05) is 12.4 Å². The number of carbonyl (C=O) groups is 3. The van der Waals surface area contributed by atoms with E-state index in [0.717, 1.165) is 4.88 Å². The fraction of sp³-hybridized carbons (Fsp3) is 0.400. The number of amides is 1. The Labute approximate surface area is 131 Å². The Bertz CT molecular complexity index is 634. The molecule has 1 heterocycles. The monoisotopic (exact) mass is 323 g/mol. The predicted octanol–water partition coefficient (Wildman–Crippen LogP) is 2.45. The van der Waals surface area contributed by atoms with Gasteiger partial charge in [-0.25, -0.2) is 4.79 Å². The molecule has 0 aliphatic heterocycles. The van der Waals surface area contributed by atoms with E-state index in [1.54, 1.807) is 12.1 Å². The van der Waals surface area contributed by atoms with Crippen molar-refractivity contribution in [1.29, 1.82) is 0 Å². The fourth-order valence-corrected chi connectivity index (χ4v) is 3.35. The summed E-state index contributed by atoms with van der Waals surface area (Å²) in [6, 6.07) is 1.64. The quantitative estimate of drug-likeness (QED) is 0.656. The molecule has 0 bridgehead atoms.